The van der Waals surface area contributed by atoms with E-state index in [0.29, 0.717) is 12.5 Å². The van der Waals surface area contributed by atoms with Gasteiger partial charge in [-0.3, -0.25) is 15.0 Å². The van der Waals surface area contributed by atoms with E-state index in [9.17, 15) is 14.4 Å². The summed E-state index contributed by atoms with van der Waals surface area (Å²) in [7, 11) is 1.67. The zero-order chi connectivity index (χ0) is 21.2. The number of urea groups is 1. The summed E-state index contributed by atoms with van der Waals surface area (Å²) >= 11 is 0. The van der Waals surface area contributed by atoms with Crippen LogP contribution in [0.1, 0.15) is 58.3 Å². The number of carbonyl (C=O) groups is 3. The lowest BCUT2D eigenvalue weighted by molar-refractivity contribution is -0.126. The molecule has 0 aromatic rings. The van der Waals surface area contributed by atoms with Crippen molar-refractivity contribution in [2.45, 2.75) is 70.4 Å². The van der Waals surface area contributed by atoms with Gasteiger partial charge in [0.25, 0.3) is 0 Å². The maximum absolute atomic E-state index is 12.3. The molecule has 0 aromatic heterocycles. The first-order valence-electron chi connectivity index (χ1n) is 10.8. The van der Waals surface area contributed by atoms with Gasteiger partial charge in [0, 0.05) is 37.5 Å². The zero-order valence-corrected chi connectivity index (χ0v) is 17.6. The van der Waals surface area contributed by atoms with E-state index in [2.05, 4.69) is 26.8 Å². The van der Waals surface area contributed by atoms with Crippen molar-refractivity contribution in [3.05, 3.63) is 6.54 Å². The van der Waals surface area contributed by atoms with E-state index in [4.69, 9.17) is 5.73 Å². The summed E-state index contributed by atoms with van der Waals surface area (Å²) in [6.45, 7) is 4.24. The van der Waals surface area contributed by atoms with Crippen LogP contribution in [-0.4, -0.2) is 43.5 Å². The average molecular weight is 410 g/mol. The topological polar surface area (TPSA) is 137 Å². The first kappa shape index (κ1) is 23.4. The Hall–Kier alpha value is -1.87. The first-order valence-corrected chi connectivity index (χ1v) is 10.8. The lowest BCUT2D eigenvalue weighted by Crippen LogP contribution is -2.49. The van der Waals surface area contributed by atoms with Crippen LogP contribution in [0.15, 0.2) is 0 Å². The number of nitrogens with two attached hydrogens (primary N) is 1. The molecule has 2 aliphatic rings. The summed E-state index contributed by atoms with van der Waals surface area (Å²) < 4.78 is 0. The second-order valence-corrected chi connectivity index (χ2v) is 8.27. The highest BCUT2D eigenvalue weighted by molar-refractivity contribution is 5.79. The van der Waals surface area contributed by atoms with E-state index in [1.54, 1.807) is 13.6 Å². The summed E-state index contributed by atoms with van der Waals surface area (Å²) in [5.74, 6) is 0.623. The maximum Gasteiger partial charge on any atom is 0.329 e. The summed E-state index contributed by atoms with van der Waals surface area (Å²) in [5, 5.41) is 8.55. The number of nitrogens with one attached hydrogen (secondary N) is 5. The highest BCUT2D eigenvalue weighted by Crippen LogP contribution is 2.28. The zero-order valence-electron chi connectivity index (χ0n) is 17.6. The van der Waals surface area contributed by atoms with Crippen molar-refractivity contribution in [1.29, 1.82) is 0 Å². The minimum absolute atomic E-state index is 0.0119. The highest BCUT2D eigenvalue weighted by atomic mass is 16.2. The molecule has 2 saturated carbocycles. The molecule has 9 nitrogen and oxygen atoms in total. The molecular weight excluding hydrogens is 372 g/mol. The van der Waals surface area contributed by atoms with E-state index in [1.807, 2.05) is 6.92 Å². The van der Waals surface area contributed by atoms with Crippen LogP contribution in [0.25, 0.3) is 0 Å². The molecule has 165 valence electrons. The maximum atomic E-state index is 12.3. The third-order valence-electron chi connectivity index (χ3n) is 6.10. The van der Waals surface area contributed by atoms with Gasteiger partial charge in [-0.1, -0.05) is 6.92 Å². The predicted octanol–water partition coefficient (Wildman–Crippen LogP) is 0.527. The second kappa shape index (κ2) is 12.0. The number of rotatable bonds is 9. The van der Waals surface area contributed by atoms with Crippen LogP contribution in [0, 0.1) is 24.3 Å². The molecule has 9 heteroatoms. The number of hydrogen-bond acceptors (Lipinski definition) is 5. The van der Waals surface area contributed by atoms with Crippen LogP contribution < -0.4 is 32.5 Å². The molecule has 0 bridgehead atoms. The van der Waals surface area contributed by atoms with Gasteiger partial charge in [0.15, 0.2) is 0 Å². The standard InChI is InChI=1S/C20H37N6O3/c1-3-17(25-19(28)15-8-9-16(21)10-15)12-24-26-20(29)23-11-13-4-6-14(7-5-13)18(27)22-2/h12-17,24H,3-11,21H2,1-2H3,(H,22,27)(H,25,28)(H2,23,26,29)/t13?,14?,15-,16-,17-/m0/s1. The molecule has 0 saturated heterocycles. The molecule has 2 aliphatic carbocycles. The van der Waals surface area contributed by atoms with E-state index < -0.39 is 0 Å². The van der Waals surface area contributed by atoms with E-state index in [1.165, 1.54) is 0 Å². The van der Waals surface area contributed by atoms with Crippen molar-refractivity contribution in [3.63, 3.8) is 0 Å². The quantitative estimate of drug-likeness (QED) is 0.309. The summed E-state index contributed by atoms with van der Waals surface area (Å²) in [6, 6.07) is -0.352. The van der Waals surface area contributed by atoms with Crippen molar-refractivity contribution in [1.82, 2.24) is 26.8 Å². The summed E-state index contributed by atoms with van der Waals surface area (Å²) in [6.07, 6.45) is 6.79. The fraction of sp³-hybridized carbons (Fsp3) is 0.800. The number of carbonyl (C=O) groups excluding carboxylic acids is 3. The summed E-state index contributed by atoms with van der Waals surface area (Å²) in [4.78, 5) is 35.9. The lowest BCUT2D eigenvalue weighted by atomic mass is 9.81. The predicted molar refractivity (Wildman–Crippen MR) is 111 cm³/mol. The fourth-order valence-corrected chi connectivity index (χ4v) is 4.14. The monoisotopic (exact) mass is 409 g/mol. The van der Waals surface area contributed by atoms with Gasteiger partial charge in [-0.15, -0.1) is 0 Å². The van der Waals surface area contributed by atoms with Gasteiger partial charge in [0.2, 0.25) is 11.8 Å². The van der Waals surface area contributed by atoms with Gasteiger partial charge < -0.3 is 21.7 Å². The van der Waals surface area contributed by atoms with Crippen molar-refractivity contribution < 1.29 is 14.4 Å². The van der Waals surface area contributed by atoms with Crippen LogP contribution in [0.2, 0.25) is 0 Å². The molecule has 2 rings (SSSR count). The Morgan fingerprint density at radius 2 is 1.72 bits per heavy atom. The molecular formula is C20H37N6O3. The Bertz CT molecular complexity index is 550. The Labute approximate surface area is 173 Å². The Kier molecular flexibility index (Phi) is 9.66. The summed E-state index contributed by atoms with van der Waals surface area (Å²) in [5.41, 5.74) is 11.2. The molecule has 0 aliphatic heterocycles. The van der Waals surface area contributed by atoms with Gasteiger partial charge in [-0.05, 0) is 57.3 Å². The van der Waals surface area contributed by atoms with Gasteiger partial charge in [0.05, 0.1) is 6.54 Å². The third kappa shape index (κ3) is 7.81. The molecule has 0 heterocycles. The Morgan fingerprint density at radius 1 is 1.03 bits per heavy atom. The van der Waals surface area contributed by atoms with Gasteiger partial charge in [-0.25, -0.2) is 10.2 Å². The lowest BCUT2D eigenvalue weighted by Gasteiger charge is -2.27. The van der Waals surface area contributed by atoms with Crippen molar-refractivity contribution >= 4 is 17.8 Å². The number of amides is 4. The Morgan fingerprint density at radius 3 is 2.31 bits per heavy atom. The van der Waals surface area contributed by atoms with E-state index in [0.717, 1.165) is 51.4 Å². The molecule has 3 atom stereocenters. The van der Waals surface area contributed by atoms with Crippen molar-refractivity contribution in [2.24, 2.45) is 23.5 Å². The Balaban J connectivity index is 1.57. The second-order valence-electron chi connectivity index (χ2n) is 8.27. The van der Waals surface area contributed by atoms with Crippen molar-refractivity contribution in [2.75, 3.05) is 13.6 Å². The van der Waals surface area contributed by atoms with Crippen molar-refractivity contribution in [3.8, 4) is 0 Å². The number of hydrazine groups is 1. The molecule has 4 amide bonds. The molecule has 7 N–H and O–H groups in total. The van der Waals surface area contributed by atoms with Crippen LogP contribution >= 0.6 is 0 Å². The van der Waals surface area contributed by atoms with Gasteiger partial charge in [0.1, 0.15) is 0 Å². The SMILES string of the molecule is CC[C@@H]([CH]NNC(=O)NCC1CCC(C(=O)NC)CC1)NC(=O)[C@H]1CC[C@H](N)C1. The van der Waals surface area contributed by atoms with Crippen LogP contribution in [0.3, 0.4) is 0 Å². The molecule has 0 unspecified atom stereocenters. The normalized spacial score (nSPS) is 27.7. The number of hydrogen-bond donors (Lipinski definition) is 6. The largest absolute Gasteiger partial charge is 0.359 e. The molecule has 0 spiro atoms. The van der Waals surface area contributed by atoms with E-state index in [-0.39, 0.29) is 41.8 Å². The van der Waals surface area contributed by atoms with Gasteiger partial charge in [-0.2, -0.15) is 0 Å². The molecule has 1 radical (unpaired) electrons. The molecule has 0 aromatic carbocycles. The minimum atomic E-state index is -0.308. The molecule has 2 fully saturated rings. The van der Waals surface area contributed by atoms with Crippen LogP contribution in [0.4, 0.5) is 4.79 Å². The highest BCUT2D eigenvalue weighted by Gasteiger charge is 2.29. The fourth-order valence-electron chi connectivity index (χ4n) is 4.14. The van der Waals surface area contributed by atoms with E-state index >= 15 is 0 Å². The van der Waals surface area contributed by atoms with Crippen LogP contribution in [0.5, 0.6) is 0 Å². The van der Waals surface area contributed by atoms with Gasteiger partial charge >= 0.3 is 6.03 Å². The molecule has 29 heavy (non-hydrogen) atoms. The smallest absolute Gasteiger partial charge is 0.329 e. The first-order chi connectivity index (χ1) is 13.9. The van der Waals surface area contributed by atoms with Crippen LogP contribution in [-0.2, 0) is 9.59 Å². The minimum Gasteiger partial charge on any atom is -0.359 e. The third-order valence-corrected chi connectivity index (χ3v) is 6.10. The average Bonchev–Trinajstić information content (AvgIpc) is 3.17.